The Morgan fingerprint density at radius 1 is 1.12 bits per heavy atom. The summed E-state index contributed by atoms with van der Waals surface area (Å²) in [4.78, 5) is 7.73. The van der Waals surface area contributed by atoms with Crippen LogP contribution in [0.1, 0.15) is 11.3 Å². The summed E-state index contributed by atoms with van der Waals surface area (Å²) in [5.41, 5.74) is 0.978. The van der Waals surface area contributed by atoms with Gasteiger partial charge in [-0.3, -0.25) is 9.80 Å². The van der Waals surface area contributed by atoms with Crippen LogP contribution in [0.15, 0.2) is 36.4 Å². The number of likely N-dealkylation sites (tertiary alicyclic amines) is 1. The number of benzene rings is 1. The first-order chi connectivity index (χ1) is 11.8. The zero-order valence-corrected chi connectivity index (χ0v) is 14.7. The Labute approximate surface area is 147 Å². The van der Waals surface area contributed by atoms with Crippen LogP contribution in [0, 0.1) is 5.82 Å². The lowest BCUT2D eigenvalue weighted by molar-refractivity contribution is 0.170. The largest absolute Gasteiger partial charge is 0.314 e. The molecule has 1 aromatic carbocycles. The Bertz CT molecular complexity index is 681. The first-order valence-corrected chi connectivity index (χ1v) is 9.61. The Morgan fingerprint density at radius 3 is 2.83 bits per heavy atom. The average Bonchev–Trinajstić information content (AvgIpc) is 3.26. The maximum Gasteiger partial charge on any atom is 0.123 e. The van der Waals surface area contributed by atoms with Gasteiger partial charge >= 0.3 is 0 Å². The minimum absolute atomic E-state index is 0.166. The van der Waals surface area contributed by atoms with Crippen molar-refractivity contribution in [1.82, 2.24) is 15.1 Å². The third-order valence-electron chi connectivity index (χ3n) is 5.07. The molecule has 3 nitrogen and oxygen atoms in total. The predicted molar refractivity (Wildman–Crippen MR) is 97.8 cm³/mol. The van der Waals surface area contributed by atoms with Crippen LogP contribution in [-0.4, -0.2) is 55.1 Å². The second-order valence-corrected chi connectivity index (χ2v) is 7.91. The minimum Gasteiger partial charge on any atom is -0.314 e. The van der Waals surface area contributed by atoms with E-state index < -0.39 is 0 Å². The van der Waals surface area contributed by atoms with E-state index in [-0.39, 0.29) is 5.82 Å². The standard InChI is InChI=1S/C19H24FN3S/c20-16-3-1-2-15(12-16)19-5-4-18(24-19)14-22-9-6-17(13-22)23-10-7-21-8-11-23/h1-5,12,17,21H,6-11,13-14H2. The van der Waals surface area contributed by atoms with E-state index in [1.54, 1.807) is 23.5 Å². The minimum atomic E-state index is -0.166. The average molecular weight is 345 g/mol. The molecule has 0 radical (unpaired) electrons. The summed E-state index contributed by atoms with van der Waals surface area (Å²) >= 11 is 1.79. The molecule has 3 heterocycles. The molecule has 0 spiro atoms. The number of nitrogens with zero attached hydrogens (tertiary/aromatic N) is 2. The molecule has 2 saturated heterocycles. The number of nitrogens with one attached hydrogen (secondary N) is 1. The highest BCUT2D eigenvalue weighted by molar-refractivity contribution is 7.15. The van der Waals surface area contributed by atoms with Crippen molar-refractivity contribution >= 4 is 11.3 Å². The summed E-state index contributed by atoms with van der Waals surface area (Å²) in [5, 5.41) is 3.43. The van der Waals surface area contributed by atoms with Gasteiger partial charge in [-0.25, -0.2) is 4.39 Å². The molecule has 0 bridgehead atoms. The Kier molecular flexibility index (Phi) is 4.94. The van der Waals surface area contributed by atoms with Gasteiger partial charge < -0.3 is 5.32 Å². The topological polar surface area (TPSA) is 18.5 Å². The van der Waals surface area contributed by atoms with Crippen molar-refractivity contribution in [3.63, 3.8) is 0 Å². The van der Waals surface area contributed by atoms with Crippen LogP contribution < -0.4 is 5.32 Å². The molecule has 2 aliphatic rings. The smallest absolute Gasteiger partial charge is 0.123 e. The Balaban J connectivity index is 1.36. The molecule has 5 heteroatoms. The van der Waals surface area contributed by atoms with Crippen LogP contribution in [-0.2, 0) is 6.54 Å². The summed E-state index contributed by atoms with van der Waals surface area (Å²) < 4.78 is 13.4. The van der Waals surface area contributed by atoms with Gasteiger partial charge in [-0.05, 0) is 36.2 Å². The second-order valence-electron chi connectivity index (χ2n) is 6.74. The van der Waals surface area contributed by atoms with Crippen LogP contribution in [0.2, 0.25) is 0 Å². The molecule has 2 aromatic rings. The molecule has 24 heavy (non-hydrogen) atoms. The maximum atomic E-state index is 13.4. The summed E-state index contributed by atoms with van der Waals surface area (Å²) in [6.45, 7) is 7.98. The van der Waals surface area contributed by atoms with Gasteiger partial charge in [-0.15, -0.1) is 11.3 Å². The lowest BCUT2D eigenvalue weighted by atomic mass is 10.2. The third kappa shape index (κ3) is 3.70. The van der Waals surface area contributed by atoms with Crippen LogP contribution in [0.5, 0.6) is 0 Å². The summed E-state index contributed by atoms with van der Waals surface area (Å²) in [7, 11) is 0. The highest BCUT2D eigenvalue weighted by Gasteiger charge is 2.28. The summed E-state index contributed by atoms with van der Waals surface area (Å²) in [6.07, 6.45) is 1.28. The first kappa shape index (κ1) is 16.2. The predicted octanol–water partition coefficient (Wildman–Crippen LogP) is 3.03. The van der Waals surface area contributed by atoms with E-state index >= 15 is 0 Å². The third-order valence-corrected chi connectivity index (χ3v) is 6.18. The molecule has 0 amide bonds. The normalized spacial score (nSPS) is 23.0. The lowest BCUT2D eigenvalue weighted by Crippen LogP contribution is -2.49. The molecule has 4 rings (SSSR count). The molecule has 0 saturated carbocycles. The van der Waals surface area contributed by atoms with Crippen LogP contribution in [0.4, 0.5) is 4.39 Å². The van der Waals surface area contributed by atoms with E-state index in [1.165, 1.54) is 43.5 Å². The monoisotopic (exact) mass is 345 g/mol. The zero-order valence-electron chi connectivity index (χ0n) is 13.9. The van der Waals surface area contributed by atoms with Gasteiger partial charge in [0.25, 0.3) is 0 Å². The number of piperazine rings is 1. The highest BCUT2D eigenvalue weighted by Crippen LogP contribution is 2.30. The highest BCUT2D eigenvalue weighted by atomic mass is 32.1. The number of hydrogen-bond donors (Lipinski definition) is 1. The van der Waals surface area contributed by atoms with Gasteiger partial charge in [0.05, 0.1) is 0 Å². The molecule has 1 unspecified atom stereocenters. The second kappa shape index (κ2) is 7.31. The van der Waals surface area contributed by atoms with Crippen molar-refractivity contribution in [2.45, 2.75) is 19.0 Å². The van der Waals surface area contributed by atoms with Crippen molar-refractivity contribution in [3.05, 3.63) is 47.1 Å². The van der Waals surface area contributed by atoms with Gasteiger partial charge in [-0.2, -0.15) is 0 Å². The molecular weight excluding hydrogens is 321 g/mol. The summed E-state index contributed by atoms with van der Waals surface area (Å²) in [5.74, 6) is -0.166. The number of halogens is 1. The summed E-state index contributed by atoms with van der Waals surface area (Å²) in [6, 6.07) is 11.9. The molecular formula is C19H24FN3S. The van der Waals surface area contributed by atoms with Crippen LogP contribution in [0.3, 0.4) is 0 Å². The van der Waals surface area contributed by atoms with E-state index in [0.717, 1.165) is 36.1 Å². The van der Waals surface area contributed by atoms with Crippen molar-refractivity contribution in [1.29, 1.82) is 0 Å². The molecule has 1 aromatic heterocycles. The molecule has 1 atom stereocenters. The lowest BCUT2D eigenvalue weighted by Gasteiger charge is -2.32. The number of thiophene rings is 1. The van der Waals surface area contributed by atoms with Gasteiger partial charge in [0.1, 0.15) is 5.82 Å². The molecule has 1 N–H and O–H groups in total. The van der Waals surface area contributed by atoms with Crippen molar-refractivity contribution in [2.24, 2.45) is 0 Å². The fraction of sp³-hybridized carbons (Fsp3) is 0.474. The maximum absolute atomic E-state index is 13.4. The van der Waals surface area contributed by atoms with Gasteiger partial charge in [0.15, 0.2) is 0 Å². The zero-order chi connectivity index (χ0) is 16.4. The fourth-order valence-electron chi connectivity index (χ4n) is 3.78. The van der Waals surface area contributed by atoms with E-state index in [2.05, 4.69) is 27.2 Å². The van der Waals surface area contributed by atoms with Crippen LogP contribution >= 0.6 is 11.3 Å². The van der Waals surface area contributed by atoms with Gasteiger partial charge in [0.2, 0.25) is 0 Å². The van der Waals surface area contributed by atoms with Crippen molar-refractivity contribution in [2.75, 3.05) is 39.3 Å². The SMILES string of the molecule is Fc1cccc(-c2ccc(CN3CCC(N4CCNCC4)C3)s2)c1. The number of hydrogen-bond acceptors (Lipinski definition) is 4. The van der Waals surface area contributed by atoms with Crippen molar-refractivity contribution in [3.8, 4) is 10.4 Å². The van der Waals surface area contributed by atoms with E-state index in [9.17, 15) is 4.39 Å². The number of rotatable bonds is 4. The first-order valence-electron chi connectivity index (χ1n) is 8.80. The molecule has 128 valence electrons. The quantitative estimate of drug-likeness (QED) is 0.919. The molecule has 0 aliphatic carbocycles. The van der Waals surface area contributed by atoms with Crippen LogP contribution in [0.25, 0.3) is 10.4 Å². The van der Waals surface area contributed by atoms with E-state index in [1.807, 2.05) is 6.07 Å². The van der Waals surface area contributed by atoms with Gasteiger partial charge in [0, 0.05) is 61.6 Å². The Morgan fingerprint density at radius 2 is 2.00 bits per heavy atom. The van der Waals surface area contributed by atoms with E-state index in [0.29, 0.717) is 0 Å². The molecule has 2 aliphatic heterocycles. The van der Waals surface area contributed by atoms with E-state index in [4.69, 9.17) is 0 Å². The molecule has 2 fully saturated rings. The Hall–Kier alpha value is -1.27. The van der Waals surface area contributed by atoms with Gasteiger partial charge in [-0.1, -0.05) is 12.1 Å². The fourth-order valence-corrected chi connectivity index (χ4v) is 4.83. The van der Waals surface area contributed by atoms with Crippen molar-refractivity contribution < 1.29 is 4.39 Å².